The molecule has 0 aliphatic heterocycles. The van der Waals surface area contributed by atoms with E-state index in [1.807, 2.05) is 12.1 Å². The number of hydrogen-bond acceptors (Lipinski definition) is 2. The third-order valence-corrected chi connectivity index (χ3v) is 2.73. The zero-order valence-corrected chi connectivity index (χ0v) is 8.45. The maximum absolute atomic E-state index is 5.96. The van der Waals surface area contributed by atoms with Crippen LogP contribution < -0.4 is 5.46 Å². The molecule has 0 fully saturated rings. The van der Waals surface area contributed by atoms with Crippen LogP contribution >= 0.6 is 11.6 Å². The van der Waals surface area contributed by atoms with Crippen molar-refractivity contribution in [2.75, 3.05) is 0 Å². The van der Waals surface area contributed by atoms with Gasteiger partial charge in [0.25, 0.3) is 0 Å². The molecule has 2 heterocycles. The van der Waals surface area contributed by atoms with Gasteiger partial charge in [-0.15, -0.1) is 0 Å². The molecule has 2 nitrogen and oxygen atoms in total. The first-order valence-electron chi connectivity index (χ1n) is 4.48. The van der Waals surface area contributed by atoms with E-state index in [2.05, 4.69) is 4.98 Å². The summed E-state index contributed by atoms with van der Waals surface area (Å²) in [4.78, 5) is 4.12. The Morgan fingerprint density at radius 1 is 1.27 bits per heavy atom. The zero-order chi connectivity index (χ0) is 10.4. The standard InChI is InChI=1S/C11H5BClNO/c12-10-7(13)3-4-8-9(10)6-2-1-5-14-11(6)15-8/h1-5H. The predicted octanol–water partition coefficient (Wildman–Crippen LogP) is 2.43. The molecule has 0 N–H and O–H groups in total. The molecule has 3 aromatic rings. The van der Waals surface area contributed by atoms with Crippen LogP contribution in [0.4, 0.5) is 0 Å². The first kappa shape index (κ1) is 8.80. The zero-order valence-electron chi connectivity index (χ0n) is 7.70. The monoisotopic (exact) mass is 213 g/mol. The highest BCUT2D eigenvalue weighted by Gasteiger charge is 2.10. The Hall–Kier alpha value is -1.48. The largest absolute Gasteiger partial charge is 0.438 e. The molecule has 4 heteroatoms. The molecule has 2 aromatic heterocycles. The molecule has 0 amide bonds. The minimum absolute atomic E-state index is 0.536. The van der Waals surface area contributed by atoms with Gasteiger partial charge in [-0.25, -0.2) is 4.98 Å². The van der Waals surface area contributed by atoms with Crippen molar-refractivity contribution < 1.29 is 4.42 Å². The summed E-state index contributed by atoms with van der Waals surface area (Å²) in [6, 6.07) is 7.29. The van der Waals surface area contributed by atoms with E-state index < -0.39 is 0 Å². The first-order valence-corrected chi connectivity index (χ1v) is 4.86. The molecule has 0 bridgehead atoms. The van der Waals surface area contributed by atoms with E-state index in [0.717, 1.165) is 10.8 Å². The van der Waals surface area contributed by atoms with E-state index in [0.29, 0.717) is 21.8 Å². The molecule has 3 rings (SSSR count). The number of hydrogen-bond donors (Lipinski definition) is 0. The van der Waals surface area contributed by atoms with Crippen molar-refractivity contribution in [1.82, 2.24) is 4.98 Å². The Bertz CT molecular complexity index is 662. The summed E-state index contributed by atoms with van der Waals surface area (Å²) in [5.74, 6) is 0. The number of benzene rings is 1. The van der Waals surface area contributed by atoms with Crippen LogP contribution in [-0.2, 0) is 0 Å². The lowest BCUT2D eigenvalue weighted by atomic mass is 9.91. The van der Waals surface area contributed by atoms with Crippen LogP contribution in [0, 0.1) is 0 Å². The molecule has 0 saturated heterocycles. The SMILES string of the molecule is [B]c1c(Cl)ccc2oc3ncccc3c12. The number of pyridine rings is 1. The predicted molar refractivity (Wildman–Crippen MR) is 61.9 cm³/mol. The number of halogens is 1. The summed E-state index contributed by atoms with van der Waals surface area (Å²) in [7, 11) is 5.91. The average molecular weight is 213 g/mol. The summed E-state index contributed by atoms with van der Waals surface area (Å²) in [5, 5.41) is 2.27. The minimum Gasteiger partial charge on any atom is -0.438 e. The topological polar surface area (TPSA) is 26.0 Å². The molecule has 0 unspecified atom stereocenters. The van der Waals surface area contributed by atoms with Crippen molar-refractivity contribution in [3.8, 4) is 0 Å². The highest BCUT2D eigenvalue weighted by Crippen LogP contribution is 2.26. The van der Waals surface area contributed by atoms with E-state index in [-0.39, 0.29) is 0 Å². The number of rotatable bonds is 0. The molecule has 0 saturated carbocycles. The Balaban J connectivity index is 2.63. The van der Waals surface area contributed by atoms with Crippen molar-refractivity contribution in [1.29, 1.82) is 0 Å². The van der Waals surface area contributed by atoms with Crippen molar-refractivity contribution in [2.45, 2.75) is 0 Å². The summed E-state index contributed by atoms with van der Waals surface area (Å²) < 4.78 is 5.54. The number of aromatic nitrogens is 1. The Morgan fingerprint density at radius 2 is 2.13 bits per heavy atom. The maximum Gasteiger partial charge on any atom is 0.227 e. The van der Waals surface area contributed by atoms with E-state index in [1.165, 1.54) is 0 Å². The van der Waals surface area contributed by atoms with Crippen molar-refractivity contribution in [2.24, 2.45) is 0 Å². The lowest BCUT2D eigenvalue weighted by Crippen LogP contribution is -2.04. The second kappa shape index (κ2) is 3.01. The summed E-state index contributed by atoms with van der Waals surface area (Å²) in [5.41, 5.74) is 1.84. The van der Waals surface area contributed by atoms with Gasteiger partial charge in [-0.1, -0.05) is 17.1 Å². The van der Waals surface area contributed by atoms with Gasteiger partial charge >= 0.3 is 0 Å². The number of furan rings is 1. The van der Waals surface area contributed by atoms with Gasteiger partial charge in [0.2, 0.25) is 5.71 Å². The molecule has 0 aliphatic rings. The summed E-state index contributed by atoms with van der Waals surface area (Å²) in [6.45, 7) is 0. The summed E-state index contributed by atoms with van der Waals surface area (Å²) in [6.07, 6.45) is 1.68. The fraction of sp³-hybridized carbons (Fsp3) is 0. The van der Waals surface area contributed by atoms with Crippen LogP contribution in [0.3, 0.4) is 0 Å². The van der Waals surface area contributed by atoms with E-state index in [4.69, 9.17) is 23.9 Å². The second-order valence-electron chi connectivity index (χ2n) is 3.29. The molecular formula is C11H5BClNO. The van der Waals surface area contributed by atoms with Gasteiger partial charge < -0.3 is 4.42 Å². The van der Waals surface area contributed by atoms with Crippen LogP contribution in [0.5, 0.6) is 0 Å². The second-order valence-corrected chi connectivity index (χ2v) is 3.70. The normalized spacial score (nSPS) is 11.3. The van der Waals surface area contributed by atoms with Crippen LogP contribution in [0.2, 0.25) is 5.02 Å². The Morgan fingerprint density at radius 3 is 3.00 bits per heavy atom. The lowest BCUT2D eigenvalue weighted by Gasteiger charge is -1.98. The number of fused-ring (bicyclic) bond motifs is 3. The van der Waals surface area contributed by atoms with Crippen molar-refractivity contribution >= 4 is 47.0 Å². The number of nitrogens with zero attached hydrogens (tertiary/aromatic N) is 1. The van der Waals surface area contributed by atoms with E-state index >= 15 is 0 Å². The first-order chi connectivity index (χ1) is 7.27. The van der Waals surface area contributed by atoms with Gasteiger partial charge in [0.05, 0.1) is 0 Å². The highest BCUT2D eigenvalue weighted by molar-refractivity contribution is 6.50. The third kappa shape index (κ3) is 1.16. The summed E-state index contributed by atoms with van der Waals surface area (Å²) >= 11 is 5.96. The van der Waals surface area contributed by atoms with E-state index in [1.54, 1.807) is 18.3 Å². The van der Waals surface area contributed by atoms with Crippen LogP contribution in [0.25, 0.3) is 22.1 Å². The van der Waals surface area contributed by atoms with Gasteiger partial charge in [-0.05, 0) is 24.3 Å². The van der Waals surface area contributed by atoms with E-state index in [9.17, 15) is 0 Å². The molecular weight excluding hydrogens is 208 g/mol. The van der Waals surface area contributed by atoms with Crippen molar-refractivity contribution in [3.63, 3.8) is 0 Å². The minimum atomic E-state index is 0.536. The lowest BCUT2D eigenvalue weighted by molar-refractivity contribution is 0.654. The Labute approximate surface area is 92.3 Å². The molecule has 70 valence electrons. The third-order valence-electron chi connectivity index (χ3n) is 2.40. The van der Waals surface area contributed by atoms with Gasteiger partial charge in [0.1, 0.15) is 13.4 Å². The molecule has 1 aromatic carbocycles. The fourth-order valence-electron chi connectivity index (χ4n) is 1.70. The van der Waals surface area contributed by atoms with Crippen LogP contribution in [-0.4, -0.2) is 12.8 Å². The maximum atomic E-state index is 5.96. The van der Waals surface area contributed by atoms with Crippen molar-refractivity contribution in [3.05, 3.63) is 35.5 Å². The van der Waals surface area contributed by atoms with Crippen LogP contribution in [0.1, 0.15) is 0 Å². The van der Waals surface area contributed by atoms with Gasteiger partial charge in [-0.2, -0.15) is 0 Å². The van der Waals surface area contributed by atoms with Gasteiger partial charge in [0, 0.05) is 22.0 Å². The van der Waals surface area contributed by atoms with Gasteiger partial charge in [0.15, 0.2) is 0 Å². The fourth-order valence-corrected chi connectivity index (χ4v) is 1.86. The molecule has 0 aliphatic carbocycles. The highest BCUT2D eigenvalue weighted by atomic mass is 35.5. The smallest absolute Gasteiger partial charge is 0.227 e. The van der Waals surface area contributed by atoms with Gasteiger partial charge in [-0.3, -0.25) is 0 Å². The molecule has 15 heavy (non-hydrogen) atoms. The molecule has 0 atom stereocenters. The quantitative estimate of drug-likeness (QED) is 0.536. The molecule has 0 spiro atoms. The Kier molecular flexibility index (Phi) is 1.76. The average Bonchev–Trinajstić information content (AvgIpc) is 2.62. The molecule has 2 radical (unpaired) electrons. The van der Waals surface area contributed by atoms with Crippen LogP contribution in [0.15, 0.2) is 34.9 Å².